The van der Waals surface area contributed by atoms with Crippen molar-refractivity contribution in [2.45, 2.75) is 19.9 Å². The molecule has 0 aliphatic carbocycles. The molecule has 0 saturated carbocycles. The van der Waals surface area contributed by atoms with E-state index in [4.69, 9.17) is 4.74 Å². The average Bonchev–Trinajstić information content (AvgIpc) is 2.56. The summed E-state index contributed by atoms with van der Waals surface area (Å²) < 4.78 is 7.30. The summed E-state index contributed by atoms with van der Waals surface area (Å²) in [7, 11) is 1.73. The van der Waals surface area contributed by atoms with E-state index in [1.54, 1.807) is 7.11 Å². The molecule has 3 nitrogen and oxygen atoms in total. The van der Waals surface area contributed by atoms with Gasteiger partial charge in [-0.25, -0.2) is 4.98 Å². The monoisotopic (exact) mass is 204 g/mol. The number of nitrogens with zero attached hydrogens (tertiary/aromatic N) is 2. The third-order valence-corrected chi connectivity index (χ3v) is 2.58. The van der Waals surface area contributed by atoms with Crippen LogP contribution >= 0.6 is 0 Å². The first-order valence-corrected chi connectivity index (χ1v) is 5.23. The fraction of sp³-hybridized carbons (Fsp3) is 0.417. The van der Waals surface area contributed by atoms with Crippen LogP contribution in [0.3, 0.4) is 0 Å². The summed E-state index contributed by atoms with van der Waals surface area (Å²) in [6.07, 6.45) is 1.03. The molecule has 0 bridgehead atoms. The second kappa shape index (κ2) is 4.45. The van der Waals surface area contributed by atoms with Crippen LogP contribution in [0.4, 0.5) is 0 Å². The van der Waals surface area contributed by atoms with Gasteiger partial charge >= 0.3 is 0 Å². The van der Waals surface area contributed by atoms with Crippen molar-refractivity contribution in [2.75, 3.05) is 13.7 Å². The lowest BCUT2D eigenvalue weighted by Gasteiger charge is -2.05. The number of fused-ring (bicyclic) bond motifs is 1. The summed E-state index contributed by atoms with van der Waals surface area (Å²) >= 11 is 0. The minimum absolute atomic E-state index is 0.798. The van der Waals surface area contributed by atoms with Crippen LogP contribution in [-0.2, 0) is 11.3 Å². The molecule has 0 aliphatic rings. The van der Waals surface area contributed by atoms with Crippen LogP contribution in [0.2, 0.25) is 0 Å². The van der Waals surface area contributed by atoms with Gasteiger partial charge in [0, 0.05) is 20.3 Å². The van der Waals surface area contributed by atoms with Gasteiger partial charge in [-0.2, -0.15) is 0 Å². The largest absolute Gasteiger partial charge is 0.385 e. The highest BCUT2D eigenvalue weighted by Crippen LogP contribution is 2.15. The maximum absolute atomic E-state index is 5.06. The highest BCUT2D eigenvalue weighted by atomic mass is 16.5. The number of hydrogen-bond donors (Lipinski definition) is 0. The first-order chi connectivity index (χ1) is 7.33. The molecule has 1 aromatic heterocycles. The van der Waals surface area contributed by atoms with Gasteiger partial charge in [-0.3, -0.25) is 0 Å². The fourth-order valence-electron chi connectivity index (χ4n) is 1.85. The Hall–Kier alpha value is -1.35. The quantitative estimate of drug-likeness (QED) is 0.715. The second-order valence-electron chi connectivity index (χ2n) is 3.65. The predicted octanol–water partition coefficient (Wildman–Crippen LogP) is 2.38. The summed E-state index contributed by atoms with van der Waals surface area (Å²) in [6, 6.07) is 8.24. The number of methoxy groups -OCH3 is 1. The Balaban J connectivity index is 2.28. The molecule has 0 aliphatic heterocycles. The van der Waals surface area contributed by atoms with E-state index in [2.05, 4.69) is 27.8 Å². The molecule has 3 heteroatoms. The van der Waals surface area contributed by atoms with E-state index in [-0.39, 0.29) is 0 Å². The summed E-state index contributed by atoms with van der Waals surface area (Å²) in [6.45, 7) is 3.82. The molecule has 15 heavy (non-hydrogen) atoms. The summed E-state index contributed by atoms with van der Waals surface area (Å²) in [5.74, 6) is 1.08. The van der Waals surface area contributed by atoms with E-state index in [0.29, 0.717) is 0 Å². The molecular weight excluding hydrogens is 188 g/mol. The molecule has 0 amide bonds. The van der Waals surface area contributed by atoms with Crippen LogP contribution in [0, 0.1) is 6.92 Å². The number of hydrogen-bond acceptors (Lipinski definition) is 2. The van der Waals surface area contributed by atoms with Crippen molar-refractivity contribution in [1.82, 2.24) is 9.55 Å². The molecule has 0 fully saturated rings. The van der Waals surface area contributed by atoms with Crippen molar-refractivity contribution >= 4 is 11.0 Å². The second-order valence-corrected chi connectivity index (χ2v) is 3.65. The average molecular weight is 204 g/mol. The molecule has 2 rings (SSSR count). The highest BCUT2D eigenvalue weighted by Gasteiger charge is 2.05. The van der Waals surface area contributed by atoms with Gasteiger partial charge in [-0.15, -0.1) is 0 Å². The number of benzene rings is 1. The lowest BCUT2D eigenvalue weighted by molar-refractivity contribution is 0.190. The zero-order valence-corrected chi connectivity index (χ0v) is 9.23. The van der Waals surface area contributed by atoms with Gasteiger partial charge in [-0.05, 0) is 25.5 Å². The Morgan fingerprint density at radius 2 is 2.13 bits per heavy atom. The van der Waals surface area contributed by atoms with E-state index in [0.717, 1.165) is 30.9 Å². The lowest BCUT2D eigenvalue weighted by atomic mass is 10.3. The first kappa shape index (κ1) is 10.2. The Labute approximate surface area is 89.7 Å². The number of aryl methyl sites for hydroxylation is 2. The molecule has 80 valence electrons. The Morgan fingerprint density at radius 3 is 2.93 bits per heavy atom. The minimum Gasteiger partial charge on any atom is -0.385 e. The molecule has 0 N–H and O–H groups in total. The third kappa shape index (κ3) is 2.02. The zero-order valence-electron chi connectivity index (χ0n) is 9.23. The van der Waals surface area contributed by atoms with Crippen LogP contribution < -0.4 is 0 Å². The van der Waals surface area contributed by atoms with Crippen molar-refractivity contribution in [3.63, 3.8) is 0 Å². The van der Waals surface area contributed by atoms with Gasteiger partial charge in [0.1, 0.15) is 5.82 Å². The van der Waals surface area contributed by atoms with E-state index >= 15 is 0 Å². The van der Waals surface area contributed by atoms with E-state index in [1.807, 2.05) is 13.0 Å². The highest BCUT2D eigenvalue weighted by molar-refractivity contribution is 5.75. The summed E-state index contributed by atoms with van der Waals surface area (Å²) in [5.41, 5.74) is 2.29. The Morgan fingerprint density at radius 1 is 1.33 bits per heavy atom. The van der Waals surface area contributed by atoms with Crippen LogP contribution in [0.25, 0.3) is 11.0 Å². The van der Waals surface area contributed by atoms with Crippen LogP contribution in [0.15, 0.2) is 24.3 Å². The van der Waals surface area contributed by atoms with Gasteiger partial charge in [0.15, 0.2) is 0 Å². The van der Waals surface area contributed by atoms with Crippen molar-refractivity contribution < 1.29 is 4.74 Å². The maximum atomic E-state index is 5.06. The molecular formula is C12H16N2O. The number of ether oxygens (including phenoxy) is 1. The summed E-state index contributed by atoms with van der Waals surface area (Å²) in [4.78, 5) is 4.51. The molecule has 0 unspecified atom stereocenters. The standard InChI is InChI=1S/C12H16N2O/c1-10-13-11-6-3-4-7-12(11)14(10)8-5-9-15-2/h3-4,6-7H,5,8-9H2,1-2H3. The van der Waals surface area contributed by atoms with Crippen molar-refractivity contribution in [3.8, 4) is 0 Å². The molecule has 0 radical (unpaired) electrons. The maximum Gasteiger partial charge on any atom is 0.106 e. The van der Waals surface area contributed by atoms with Crippen molar-refractivity contribution in [3.05, 3.63) is 30.1 Å². The van der Waals surface area contributed by atoms with Crippen molar-refractivity contribution in [2.24, 2.45) is 0 Å². The van der Waals surface area contributed by atoms with Gasteiger partial charge in [0.2, 0.25) is 0 Å². The van der Waals surface area contributed by atoms with Crippen LogP contribution in [0.1, 0.15) is 12.2 Å². The van der Waals surface area contributed by atoms with Crippen LogP contribution in [0.5, 0.6) is 0 Å². The smallest absolute Gasteiger partial charge is 0.106 e. The fourth-order valence-corrected chi connectivity index (χ4v) is 1.85. The van der Waals surface area contributed by atoms with E-state index < -0.39 is 0 Å². The van der Waals surface area contributed by atoms with E-state index in [1.165, 1.54) is 5.52 Å². The molecule has 1 aromatic carbocycles. The molecule has 0 spiro atoms. The number of para-hydroxylation sites is 2. The number of aromatic nitrogens is 2. The molecule has 2 aromatic rings. The molecule has 0 atom stereocenters. The normalized spacial score (nSPS) is 11.1. The predicted molar refractivity (Wildman–Crippen MR) is 61.0 cm³/mol. The molecule has 1 heterocycles. The minimum atomic E-state index is 0.798. The Kier molecular flexibility index (Phi) is 3.02. The number of imidazole rings is 1. The van der Waals surface area contributed by atoms with E-state index in [9.17, 15) is 0 Å². The van der Waals surface area contributed by atoms with Gasteiger partial charge in [0.05, 0.1) is 11.0 Å². The van der Waals surface area contributed by atoms with Gasteiger partial charge < -0.3 is 9.30 Å². The number of rotatable bonds is 4. The Bertz CT molecular complexity index is 448. The van der Waals surface area contributed by atoms with Gasteiger partial charge in [-0.1, -0.05) is 12.1 Å². The summed E-state index contributed by atoms with van der Waals surface area (Å²) in [5, 5.41) is 0. The lowest BCUT2D eigenvalue weighted by Crippen LogP contribution is -2.03. The SMILES string of the molecule is COCCCn1c(C)nc2ccccc21. The topological polar surface area (TPSA) is 27.1 Å². The molecule has 0 saturated heterocycles. The zero-order chi connectivity index (χ0) is 10.7. The van der Waals surface area contributed by atoms with Gasteiger partial charge in [0.25, 0.3) is 0 Å². The first-order valence-electron chi connectivity index (χ1n) is 5.23. The third-order valence-electron chi connectivity index (χ3n) is 2.58. The van der Waals surface area contributed by atoms with Crippen molar-refractivity contribution in [1.29, 1.82) is 0 Å². The van der Waals surface area contributed by atoms with Crippen LogP contribution in [-0.4, -0.2) is 23.3 Å².